The van der Waals surface area contributed by atoms with Crippen LogP contribution in [0.3, 0.4) is 0 Å². The highest BCUT2D eigenvalue weighted by Crippen LogP contribution is 2.26. The van der Waals surface area contributed by atoms with Crippen LogP contribution >= 0.6 is 0 Å². The lowest BCUT2D eigenvalue weighted by atomic mass is 10.0. The molecule has 102 valence electrons. The van der Waals surface area contributed by atoms with Gasteiger partial charge in [0.25, 0.3) is 0 Å². The first kappa shape index (κ1) is 13.0. The van der Waals surface area contributed by atoms with E-state index in [1.165, 1.54) is 0 Å². The molecule has 0 amide bonds. The SMILES string of the molecule is N#Cc1n[nH]nc1-c1cccc(-c2ccc(CO)cc2)c1. The van der Waals surface area contributed by atoms with Crippen LogP contribution in [0, 0.1) is 11.3 Å². The van der Waals surface area contributed by atoms with Crippen molar-refractivity contribution in [1.29, 1.82) is 5.26 Å². The molecule has 2 aromatic carbocycles. The van der Waals surface area contributed by atoms with Crippen molar-refractivity contribution in [2.45, 2.75) is 6.61 Å². The molecule has 0 bridgehead atoms. The highest BCUT2D eigenvalue weighted by Gasteiger charge is 2.10. The number of nitrogens with one attached hydrogen (secondary N) is 1. The Bertz CT molecular complexity index is 800. The first-order valence-corrected chi connectivity index (χ1v) is 6.43. The van der Waals surface area contributed by atoms with Crippen LogP contribution in [0.15, 0.2) is 48.5 Å². The van der Waals surface area contributed by atoms with E-state index >= 15 is 0 Å². The second-order valence-corrected chi connectivity index (χ2v) is 4.57. The molecule has 2 N–H and O–H groups in total. The second-order valence-electron chi connectivity index (χ2n) is 4.57. The predicted octanol–water partition coefficient (Wildman–Crippen LogP) is 2.50. The number of nitriles is 1. The molecular weight excluding hydrogens is 264 g/mol. The Hall–Kier alpha value is -2.97. The molecule has 0 radical (unpaired) electrons. The van der Waals surface area contributed by atoms with E-state index < -0.39 is 0 Å². The number of aliphatic hydroxyl groups is 1. The predicted molar refractivity (Wildman–Crippen MR) is 77.9 cm³/mol. The van der Waals surface area contributed by atoms with E-state index in [1.54, 1.807) is 0 Å². The number of nitrogens with zero attached hydrogens (tertiary/aromatic N) is 3. The van der Waals surface area contributed by atoms with Crippen molar-refractivity contribution in [2.24, 2.45) is 0 Å². The van der Waals surface area contributed by atoms with Gasteiger partial charge in [-0.25, -0.2) is 0 Å². The van der Waals surface area contributed by atoms with Crippen LogP contribution in [-0.4, -0.2) is 20.5 Å². The third-order valence-corrected chi connectivity index (χ3v) is 3.26. The van der Waals surface area contributed by atoms with Gasteiger partial charge in [-0.15, -0.1) is 5.10 Å². The Morgan fingerprint density at radius 3 is 2.48 bits per heavy atom. The maximum Gasteiger partial charge on any atom is 0.190 e. The smallest absolute Gasteiger partial charge is 0.190 e. The Morgan fingerprint density at radius 2 is 1.76 bits per heavy atom. The van der Waals surface area contributed by atoms with Gasteiger partial charge in [0.05, 0.1) is 6.61 Å². The molecule has 0 saturated carbocycles. The van der Waals surface area contributed by atoms with Gasteiger partial charge in [-0.2, -0.15) is 15.6 Å². The molecule has 1 heterocycles. The number of hydrogen-bond acceptors (Lipinski definition) is 4. The van der Waals surface area contributed by atoms with Crippen molar-refractivity contribution in [3.05, 3.63) is 59.8 Å². The summed E-state index contributed by atoms with van der Waals surface area (Å²) in [5.41, 5.74) is 4.59. The van der Waals surface area contributed by atoms with Gasteiger partial charge >= 0.3 is 0 Å². The fraction of sp³-hybridized carbons (Fsp3) is 0.0625. The quantitative estimate of drug-likeness (QED) is 0.769. The summed E-state index contributed by atoms with van der Waals surface area (Å²) in [6.45, 7) is 0.0325. The Morgan fingerprint density at radius 1 is 1.00 bits per heavy atom. The lowest BCUT2D eigenvalue weighted by molar-refractivity contribution is 0.282. The molecule has 5 nitrogen and oxygen atoms in total. The van der Waals surface area contributed by atoms with E-state index in [0.29, 0.717) is 5.69 Å². The molecule has 5 heteroatoms. The van der Waals surface area contributed by atoms with Crippen LogP contribution in [0.5, 0.6) is 0 Å². The monoisotopic (exact) mass is 276 g/mol. The topological polar surface area (TPSA) is 85.6 Å². The Labute approximate surface area is 121 Å². The van der Waals surface area contributed by atoms with Gasteiger partial charge in [-0.05, 0) is 22.8 Å². The van der Waals surface area contributed by atoms with Crippen LogP contribution in [0.2, 0.25) is 0 Å². The molecule has 21 heavy (non-hydrogen) atoms. The molecular formula is C16H12N4O. The molecule has 1 aromatic heterocycles. The molecule has 0 aliphatic heterocycles. The van der Waals surface area contributed by atoms with Gasteiger partial charge < -0.3 is 5.11 Å². The third kappa shape index (κ3) is 2.53. The molecule has 0 saturated heterocycles. The van der Waals surface area contributed by atoms with Crippen LogP contribution in [0.4, 0.5) is 0 Å². The zero-order chi connectivity index (χ0) is 14.7. The minimum absolute atomic E-state index is 0.0325. The van der Waals surface area contributed by atoms with E-state index in [2.05, 4.69) is 15.4 Å². The molecule has 0 fully saturated rings. The van der Waals surface area contributed by atoms with Crippen molar-refractivity contribution >= 4 is 0 Å². The molecule has 0 atom stereocenters. The normalized spacial score (nSPS) is 10.3. The molecule has 0 spiro atoms. The summed E-state index contributed by atoms with van der Waals surface area (Å²) in [4.78, 5) is 0. The maximum atomic E-state index is 9.08. The summed E-state index contributed by atoms with van der Waals surface area (Å²) < 4.78 is 0. The third-order valence-electron chi connectivity index (χ3n) is 3.26. The first-order chi connectivity index (χ1) is 10.3. The molecule has 3 rings (SSSR count). The Kier molecular flexibility index (Phi) is 3.46. The summed E-state index contributed by atoms with van der Waals surface area (Å²) in [5, 5.41) is 28.4. The van der Waals surface area contributed by atoms with Crippen LogP contribution in [0.25, 0.3) is 22.4 Å². The maximum absolute atomic E-state index is 9.08. The molecule has 3 aromatic rings. The van der Waals surface area contributed by atoms with Crippen molar-refractivity contribution in [2.75, 3.05) is 0 Å². The second kappa shape index (κ2) is 5.57. The zero-order valence-corrected chi connectivity index (χ0v) is 11.1. The number of benzene rings is 2. The number of aromatic amines is 1. The lowest BCUT2D eigenvalue weighted by Gasteiger charge is -2.05. The first-order valence-electron chi connectivity index (χ1n) is 6.43. The molecule has 0 aliphatic rings. The van der Waals surface area contributed by atoms with Gasteiger partial charge in [-0.1, -0.05) is 42.5 Å². The van der Waals surface area contributed by atoms with Crippen LogP contribution < -0.4 is 0 Å². The van der Waals surface area contributed by atoms with E-state index in [9.17, 15) is 0 Å². The van der Waals surface area contributed by atoms with Crippen molar-refractivity contribution in [3.8, 4) is 28.5 Å². The number of rotatable bonds is 3. The number of H-pyrrole nitrogens is 1. The van der Waals surface area contributed by atoms with Crippen LogP contribution in [-0.2, 0) is 6.61 Å². The minimum Gasteiger partial charge on any atom is -0.392 e. The standard InChI is InChI=1S/C16H12N4O/c17-9-15-16(19-20-18-15)14-3-1-2-13(8-14)12-6-4-11(10-21)5-7-12/h1-8,21H,10H2,(H,18,19,20). The highest BCUT2D eigenvalue weighted by molar-refractivity contribution is 5.73. The van der Waals surface area contributed by atoms with E-state index in [1.807, 2.05) is 54.6 Å². The summed E-state index contributed by atoms with van der Waals surface area (Å²) in [5.74, 6) is 0. The highest BCUT2D eigenvalue weighted by atomic mass is 16.3. The fourth-order valence-corrected chi connectivity index (χ4v) is 2.16. The van der Waals surface area contributed by atoms with Gasteiger partial charge in [0, 0.05) is 5.56 Å². The summed E-state index contributed by atoms with van der Waals surface area (Å²) in [7, 11) is 0. The van der Waals surface area contributed by atoms with Gasteiger partial charge in [-0.3, -0.25) is 0 Å². The summed E-state index contributed by atoms with van der Waals surface area (Å²) in [6, 6.07) is 17.5. The van der Waals surface area contributed by atoms with Crippen LogP contribution in [0.1, 0.15) is 11.3 Å². The average molecular weight is 276 g/mol. The van der Waals surface area contributed by atoms with Crippen molar-refractivity contribution < 1.29 is 5.11 Å². The van der Waals surface area contributed by atoms with Crippen molar-refractivity contribution in [1.82, 2.24) is 15.4 Å². The van der Waals surface area contributed by atoms with E-state index in [-0.39, 0.29) is 12.3 Å². The van der Waals surface area contributed by atoms with E-state index in [4.69, 9.17) is 10.4 Å². The van der Waals surface area contributed by atoms with E-state index in [0.717, 1.165) is 22.3 Å². The molecule has 0 unspecified atom stereocenters. The van der Waals surface area contributed by atoms with Gasteiger partial charge in [0.1, 0.15) is 11.8 Å². The summed E-state index contributed by atoms with van der Waals surface area (Å²) in [6.07, 6.45) is 0. The zero-order valence-electron chi connectivity index (χ0n) is 11.1. The largest absolute Gasteiger partial charge is 0.392 e. The van der Waals surface area contributed by atoms with Gasteiger partial charge in [0.2, 0.25) is 0 Å². The van der Waals surface area contributed by atoms with Crippen molar-refractivity contribution in [3.63, 3.8) is 0 Å². The summed E-state index contributed by atoms with van der Waals surface area (Å²) >= 11 is 0. The number of hydrogen-bond donors (Lipinski definition) is 2. The van der Waals surface area contributed by atoms with Gasteiger partial charge in [0.15, 0.2) is 5.69 Å². The Balaban J connectivity index is 2.02. The minimum atomic E-state index is 0.0325. The molecule has 0 aliphatic carbocycles. The number of aliphatic hydroxyl groups excluding tert-OH is 1. The number of aromatic nitrogens is 3. The fourth-order valence-electron chi connectivity index (χ4n) is 2.16. The lowest BCUT2D eigenvalue weighted by Crippen LogP contribution is -1.86. The average Bonchev–Trinajstić information content (AvgIpc) is 3.04.